The molecule has 0 radical (unpaired) electrons. The van der Waals surface area contributed by atoms with E-state index in [1.807, 2.05) is 12.2 Å². The van der Waals surface area contributed by atoms with Gasteiger partial charge in [-0.05, 0) is 6.08 Å². The number of carbonyl (C=O) groups excluding carboxylic acids is 1. The minimum Gasteiger partial charge on any atom is -0.464 e. The molecule has 0 aliphatic carbocycles. The first-order valence-corrected chi connectivity index (χ1v) is 5.54. The van der Waals surface area contributed by atoms with Gasteiger partial charge in [-0.15, -0.1) is 11.3 Å². The first-order chi connectivity index (χ1) is 6.27. The molecule has 13 heavy (non-hydrogen) atoms. The summed E-state index contributed by atoms with van der Waals surface area (Å²) >= 11 is 4.67. The van der Waals surface area contributed by atoms with Crippen LogP contribution in [-0.2, 0) is 4.74 Å². The fourth-order valence-corrected chi connectivity index (χ4v) is 1.60. The lowest BCUT2D eigenvalue weighted by Crippen LogP contribution is -2.00. The lowest BCUT2D eigenvalue weighted by Gasteiger charge is -1.90. The Morgan fingerprint density at radius 3 is 3.23 bits per heavy atom. The van der Waals surface area contributed by atoms with Gasteiger partial charge < -0.3 is 4.74 Å². The maximum atomic E-state index is 11.0. The number of thiazole rings is 1. The molecule has 1 rings (SSSR count). The molecule has 0 aliphatic rings. The second kappa shape index (κ2) is 5.14. The third-order valence-electron chi connectivity index (χ3n) is 1.27. The number of allylic oxidation sites excluding steroid dienone is 1. The molecule has 0 bridgehead atoms. The van der Waals surface area contributed by atoms with Crippen molar-refractivity contribution in [3.8, 4) is 0 Å². The Balaban J connectivity index is 2.74. The average molecular weight is 262 g/mol. The average Bonchev–Trinajstić information content (AvgIpc) is 2.62. The Kier molecular flexibility index (Phi) is 4.11. The number of rotatable bonds is 3. The highest BCUT2D eigenvalue weighted by atomic mass is 79.9. The molecular weight excluding hydrogens is 254 g/mol. The van der Waals surface area contributed by atoms with E-state index in [9.17, 15) is 4.79 Å². The quantitative estimate of drug-likeness (QED) is 0.620. The monoisotopic (exact) mass is 261 g/mol. The van der Waals surface area contributed by atoms with Gasteiger partial charge in [-0.2, -0.15) is 0 Å². The summed E-state index contributed by atoms with van der Waals surface area (Å²) in [7, 11) is 1.34. The van der Waals surface area contributed by atoms with Gasteiger partial charge in [0.1, 0.15) is 5.01 Å². The maximum absolute atomic E-state index is 11.0. The molecule has 0 amide bonds. The molecule has 0 N–H and O–H groups in total. The van der Waals surface area contributed by atoms with Crippen molar-refractivity contribution in [1.82, 2.24) is 4.98 Å². The Hall–Kier alpha value is -0.680. The molecule has 0 spiro atoms. The summed E-state index contributed by atoms with van der Waals surface area (Å²) in [4.78, 5) is 15.0. The summed E-state index contributed by atoms with van der Waals surface area (Å²) in [5.41, 5.74) is 0.363. The highest BCUT2D eigenvalue weighted by Crippen LogP contribution is 2.12. The van der Waals surface area contributed by atoms with Gasteiger partial charge in [0.2, 0.25) is 0 Å². The van der Waals surface area contributed by atoms with Gasteiger partial charge in [-0.3, -0.25) is 0 Å². The largest absolute Gasteiger partial charge is 0.464 e. The Bertz CT molecular complexity index is 322. The molecule has 70 valence electrons. The molecule has 0 aliphatic heterocycles. The standard InChI is InChI=1S/C8H8BrNO2S/c1-12-8(11)6-5-13-7(10-6)3-2-4-9/h2-3,5H,4H2,1H3. The molecule has 1 aromatic heterocycles. The highest BCUT2D eigenvalue weighted by Gasteiger charge is 2.08. The second-order valence-corrected chi connectivity index (χ2v) is 3.66. The number of halogens is 1. The minimum atomic E-state index is -0.394. The molecule has 0 saturated heterocycles. The van der Waals surface area contributed by atoms with E-state index in [0.717, 1.165) is 10.3 Å². The molecule has 5 heteroatoms. The molecular formula is C8H8BrNO2S. The lowest BCUT2D eigenvalue weighted by molar-refractivity contribution is 0.0595. The van der Waals surface area contributed by atoms with Gasteiger partial charge in [-0.25, -0.2) is 9.78 Å². The molecule has 3 nitrogen and oxygen atoms in total. The predicted octanol–water partition coefficient (Wildman–Crippen LogP) is 2.34. The van der Waals surface area contributed by atoms with E-state index in [1.54, 1.807) is 5.38 Å². The van der Waals surface area contributed by atoms with E-state index in [0.29, 0.717) is 5.69 Å². The molecule has 0 saturated carbocycles. The number of carbonyl (C=O) groups is 1. The number of hydrogen-bond donors (Lipinski definition) is 0. The van der Waals surface area contributed by atoms with E-state index in [-0.39, 0.29) is 0 Å². The van der Waals surface area contributed by atoms with Gasteiger partial charge in [0.25, 0.3) is 0 Å². The van der Waals surface area contributed by atoms with Gasteiger partial charge >= 0.3 is 5.97 Å². The van der Waals surface area contributed by atoms with Crippen LogP contribution in [0.25, 0.3) is 6.08 Å². The van der Waals surface area contributed by atoms with Crippen LogP contribution in [0.4, 0.5) is 0 Å². The predicted molar refractivity (Wildman–Crippen MR) is 56.3 cm³/mol. The van der Waals surface area contributed by atoms with Crippen LogP contribution in [0, 0.1) is 0 Å². The number of nitrogens with zero attached hydrogens (tertiary/aromatic N) is 1. The van der Waals surface area contributed by atoms with Crippen LogP contribution in [0.3, 0.4) is 0 Å². The number of esters is 1. The fourth-order valence-electron chi connectivity index (χ4n) is 0.708. The van der Waals surface area contributed by atoms with Crippen molar-refractivity contribution in [3.05, 3.63) is 22.2 Å². The summed E-state index contributed by atoms with van der Waals surface area (Å²) in [6.45, 7) is 0. The highest BCUT2D eigenvalue weighted by molar-refractivity contribution is 9.09. The summed E-state index contributed by atoms with van der Waals surface area (Å²) < 4.78 is 4.53. The number of methoxy groups -OCH3 is 1. The molecule has 0 unspecified atom stereocenters. The second-order valence-electron chi connectivity index (χ2n) is 2.12. The van der Waals surface area contributed by atoms with Crippen LogP contribution in [0.5, 0.6) is 0 Å². The smallest absolute Gasteiger partial charge is 0.357 e. The van der Waals surface area contributed by atoms with E-state index >= 15 is 0 Å². The molecule has 1 heterocycles. The van der Waals surface area contributed by atoms with Gasteiger partial charge in [0.05, 0.1) is 7.11 Å². The molecule has 0 atom stereocenters. The Morgan fingerprint density at radius 1 is 1.85 bits per heavy atom. The Morgan fingerprint density at radius 2 is 2.62 bits per heavy atom. The van der Waals surface area contributed by atoms with Gasteiger partial charge in [0.15, 0.2) is 5.69 Å². The van der Waals surface area contributed by atoms with Crippen LogP contribution in [0.15, 0.2) is 11.5 Å². The number of ether oxygens (including phenoxy) is 1. The number of aromatic nitrogens is 1. The third-order valence-corrected chi connectivity index (χ3v) is 2.45. The van der Waals surface area contributed by atoms with Crippen molar-refractivity contribution in [2.24, 2.45) is 0 Å². The molecule has 0 aromatic carbocycles. The summed E-state index contributed by atoms with van der Waals surface area (Å²) in [5.74, 6) is -0.394. The maximum Gasteiger partial charge on any atom is 0.357 e. The van der Waals surface area contributed by atoms with E-state index < -0.39 is 5.97 Å². The fraction of sp³-hybridized carbons (Fsp3) is 0.250. The van der Waals surface area contributed by atoms with Crippen molar-refractivity contribution in [1.29, 1.82) is 0 Å². The van der Waals surface area contributed by atoms with Gasteiger partial charge in [-0.1, -0.05) is 22.0 Å². The zero-order chi connectivity index (χ0) is 9.68. The minimum absolute atomic E-state index is 0.363. The van der Waals surface area contributed by atoms with E-state index in [1.165, 1.54) is 18.4 Å². The van der Waals surface area contributed by atoms with Crippen molar-refractivity contribution in [3.63, 3.8) is 0 Å². The van der Waals surface area contributed by atoms with Crippen LogP contribution in [0.1, 0.15) is 15.5 Å². The van der Waals surface area contributed by atoms with Crippen molar-refractivity contribution in [2.45, 2.75) is 0 Å². The number of alkyl halides is 1. The summed E-state index contributed by atoms with van der Waals surface area (Å²) in [6.07, 6.45) is 3.77. The first-order valence-electron chi connectivity index (χ1n) is 3.54. The lowest BCUT2D eigenvalue weighted by atomic mass is 10.5. The summed E-state index contributed by atoms with van der Waals surface area (Å²) in [6, 6.07) is 0. The van der Waals surface area contributed by atoms with Crippen LogP contribution in [-0.4, -0.2) is 23.4 Å². The molecule has 0 fully saturated rings. The SMILES string of the molecule is COC(=O)c1csc(C=CCBr)n1. The number of hydrogen-bond acceptors (Lipinski definition) is 4. The zero-order valence-corrected chi connectivity index (χ0v) is 9.39. The Labute approximate surface area is 88.6 Å². The van der Waals surface area contributed by atoms with Crippen LogP contribution >= 0.6 is 27.3 Å². The van der Waals surface area contributed by atoms with Crippen molar-refractivity contribution < 1.29 is 9.53 Å². The van der Waals surface area contributed by atoms with Crippen LogP contribution in [0.2, 0.25) is 0 Å². The van der Waals surface area contributed by atoms with E-state index in [4.69, 9.17) is 0 Å². The third kappa shape index (κ3) is 2.93. The van der Waals surface area contributed by atoms with E-state index in [2.05, 4.69) is 25.7 Å². The van der Waals surface area contributed by atoms with Crippen molar-refractivity contribution >= 4 is 39.3 Å². The van der Waals surface area contributed by atoms with Gasteiger partial charge in [0, 0.05) is 10.7 Å². The normalized spacial score (nSPS) is 10.6. The van der Waals surface area contributed by atoms with Crippen molar-refractivity contribution in [2.75, 3.05) is 12.4 Å². The molecule has 1 aromatic rings. The summed E-state index contributed by atoms with van der Waals surface area (Å²) in [5, 5.41) is 3.26. The zero-order valence-electron chi connectivity index (χ0n) is 6.99. The first kappa shape index (κ1) is 10.4. The topological polar surface area (TPSA) is 39.2 Å². The van der Waals surface area contributed by atoms with Crippen LogP contribution < -0.4 is 0 Å².